The number of nitrogens with zero attached hydrogens (tertiary/aromatic N) is 1. The van der Waals surface area contributed by atoms with E-state index in [2.05, 4.69) is 0 Å². The van der Waals surface area contributed by atoms with Crippen LogP contribution in [0.4, 0.5) is 0 Å². The molecule has 0 aliphatic carbocycles. The molecule has 0 aliphatic rings. The highest BCUT2D eigenvalue weighted by molar-refractivity contribution is 5.37. The second kappa shape index (κ2) is 4.78. The third kappa shape index (κ3) is 2.69. The van der Waals surface area contributed by atoms with Crippen molar-refractivity contribution in [2.24, 2.45) is 0 Å². The van der Waals surface area contributed by atoms with E-state index in [0.717, 1.165) is 5.56 Å². The molecule has 0 spiro atoms. The Labute approximate surface area is 88.0 Å². The topological polar surface area (TPSA) is 84.5 Å². The molecule has 0 aromatic heterocycles. The number of hydrogen-bond acceptors (Lipinski definition) is 4. The summed E-state index contributed by atoms with van der Waals surface area (Å²) in [5, 5.41) is 36.9. The lowest BCUT2D eigenvalue weighted by Gasteiger charge is -2.17. The Hall–Kier alpha value is -1.57. The molecule has 0 bridgehead atoms. The summed E-state index contributed by atoms with van der Waals surface area (Å²) in [4.78, 5) is 0. The van der Waals surface area contributed by atoms with Crippen molar-refractivity contribution in [3.05, 3.63) is 29.3 Å². The van der Waals surface area contributed by atoms with Gasteiger partial charge in [-0.25, -0.2) is 0 Å². The summed E-state index contributed by atoms with van der Waals surface area (Å²) in [6.45, 7) is 1.81. The van der Waals surface area contributed by atoms with Gasteiger partial charge in [-0.15, -0.1) is 0 Å². The molecule has 0 fully saturated rings. The van der Waals surface area contributed by atoms with Gasteiger partial charge in [0.25, 0.3) is 0 Å². The number of aliphatic hydroxyl groups excluding tert-OH is 2. The van der Waals surface area contributed by atoms with Crippen molar-refractivity contribution in [1.29, 1.82) is 5.26 Å². The minimum Gasteiger partial charge on any atom is -0.508 e. The van der Waals surface area contributed by atoms with Crippen LogP contribution in [0.15, 0.2) is 18.2 Å². The zero-order valence-electron chi connectivity index (χ0n) is 8.38. The Morgan fingerprint density at radius 3 is 2.67 bits per heavy atom. The van der Waals surface area contributed by atoms with Crippen LogP contribution >= 0.6 is 0 Å². The molecule has 2 unspecified atom stereocenters. The highest BCUT2D eigenvalue weighted by Crippen LogP contribution is 2.28. The summed E-state index contributed by atoms with van der Waals surface area (Å²) >= 11 is 0. The number of aromatic hydroxyl groups is 1. The Kier molecular flexibility index (Phi) is 3.67. The lowest BCUT2D eigenvalue weighted by Crippen LogP contribution is -2.17. The van der Waals surface area contributed by atoms with E-state index in [4.69, 9.17) is 5.26 Å². The van der Waals surface area contributed by atoms with E-state index >= 15 is 0 Å². The van der Waals surface area contributed by atoms with Gasteiger partial charge in [0, 0.05) is 5.56 Å². The number of hydrogen-bond donors (Lipinski definition) is 3. The van der Waals surface area contributed by atoms with Crippen LogP contribution in [0.2, 0.25) is 0 Å². The average Bonchev–Trinajstić information content (AvgIpc) is 2.21. The number of phenolic OH excluding ortho intramolecular Hbond substituents is 1. The first-order valence-electron chi connectivity index (χ1n) is 4.59. The van der Waals surface area contributed by atoms with Crippen molar-refractivity contribution in [3.8, 4) is 11.8 Å². The maximum Gasteiger partial charge on any atom is 0.121 e. The fourth-order valence-corrected chi connectivity index (χ4v) is 1.32. The first-order chi connectivity index (χ1) is 7.06. The van der Waals surface area contributed by atoms with Gasteiger partial charge < -0.3 is 15.3 Å². The highest BCUT2D eigenvalue weighted by Gasteiger charge is 2.20. The maximum atomic E-state index is 9.66. The largest absolute Gasteiger partial charge is 0.508 e. The molecule has 0 saturated heterocycles. The van der Waals surface area contributed by atoms with Crippen LogP contribution in [-0.2, 0) is 0 Å². The van der Waals surface area contributed by atoms with Crippen molar-refractivity contribution in [2.75, 3.05) is 0 Å². The van der Waals surface area contributed by atoms with E-state index in [1.54, 1.807) is 18.2 Å². The van der Waals surface area contributed by atoms with Gasteiger partial charge in [0.05, 0.1) is 18.6 Å². The second-order valence-corrected chi connectivity index (χ2v) is 3.44. The zero-order valence-corrected chi connectivity index (χ0v) is 8.38. The van der Waals surface area contributed by atoms with Gasteiger partial charge in [-0.2, -0.15) is 5.26 Å². The van der Waals surface area contributed by atoms with Crippen molar-refractivity contribution in [3.63, 3.8) is 0 Å². The molecule has 3 N–H and O–H groups in total. The van der Waals surface area contributed by atoms with E-state index in [9.17, 15) is 15.3 Å². The molecule has 4 heteroatoms. The van der Waals surface area contributed by atoms with Crippen molar-refractivity contribution < 1.29 is 15.3 Å². The van der Waals surface area contributed by atoms with Gasteiger partial charge in [0.1, 0.15) is 11.9 Å². The van der Waals surface area contributed by atoms with Gasteiger partial charge in [-0.1, -0.05) is 11.6 Å². The van der Waals surface area contributed by atoms with E-state index in [-0.39, 0.29) is 17.7 Å². The lowest BCUT2D eigenvalue weighted by molar-refractivity contribution is 0.0202. The zero-order chi connectivity index (χ0) is 11.4. The molecule has 0 heterocycles. The summed E-state index contributed by atoms with van der Waals surface area (Å²) < 4.78 is 0. The van der Waals surface area contributed by atoms with Gasteiger partial charge in [-0.05, 0) is 19.1 Å². The van der Waals surface area contributed by atoms with Crippen LogP contribution in [-0.4, -0.2) is 21.4 Å². The molecular formula is C11H13NO3. The summed E-state index contributed by atoms with van der Waals surface area (Å²) in [7, 11) is 0. The molecular weight excluding hydrogens is 194 g/mol. The molecule has 1 aromatic carbocycles. The van der Waals surface area contributed by atoms with Gasteiger partial charge in [-0.3, -0.25) is 0 Å². The summed E-state index contributed by atoms with van der Waals surface area (Å²) in [6, 6.07) is 6.49. The summed E-state index contributed by atoms with van der Waals surface area (Å²) in [6.07, 6.45) is -2.58. The number of rotatable bonds is 3. The van der Waals surface area contributed by atoms with Gasteiger partial charge >= 0.3 is 0 Å². The fraction of sp³-hybridized carbons (Fsp3) is 0.364. The monoisotopic (exact) mass is 207 g/mol. The molecule has 0 saturated carbocycles. The second-order valence-electron chi connectivity index (χ2n) is 3.44. The molecule has 1 rings (SSSR count). The average molecular weight is 207 g/mol. The van der Waals surface area contributed by atoms with E-state index in [1.165, 1.54) is 6.07 Å². The molecule has 2 atom stereocenters. The highest BCUT2D eigenvalue weighted by atomic mass is 16.3. The molecule has 1 aromatic rings. The number of phenols is 1. The first-order valence-corrected chi connectivity index (χ1v) is 4.59. The quantitative estimate of drug-likeness (QED) is 0.690. The van der Waals surface area contributed by atoms with Gasteiger partial charge in [0.15, 0.2) is 0 Å². The van der Waals surface area contributed by atoms with E-state index in [1.807, 2.05) is 6.92 Å². The normalized spacial score (nSPS) is 14.3. The molecule has 0 radical (unpaired) electrons. The Morgan fingerprint density at radius 1 is 1.40 bits per heavy atom. The van der Waals surface area contributed by atoms with Crippen LogP contribution in [0, 0.1) is 18.3 Å². The minimum absolute atomic E-state index is 0.0786. The minimum atomic E-state index is -1.23. The van der Waals surface area contributed by atoms with Crippen LogP contribution in [0.5, 0.6) is 5.75 Å². The number of aliphatic hydroxyl groups is 2. The summed E-state index contributed by atoms with van der Waals surface area (Å²) in [5.41, 5.74) is 1.11. The van der Waals surface area contributed by atoms with Crippen molar-refractivity contribution >= 4 is 0 Å². The van der Waals surface area contributed by atoms with E-state index in [0.29, 0.717) is 0 Å². The fourth-order valence-electron chi connectivity index (χ4n) is 1.32. The molecule has 0 aliphatic heterocycles. The molecule has 80 valence electrons. The number of benzene rings is 1. The number of nitriles is 1. The van der Waals surface area contributed by atoms with Crippen LogP contribution in [0.3, 0.4) is 0 Å². The predicted octanol–water partition coefficient (Wildman–Crippen LogP) is 1.01. The lowest BCUT2D eigenvalue weighted by atomic mass is 10.00. The molecule has 4 nitrogen and oxygen atoms in total. The van der Waals surface area contributed by atoms with Crippen LogP contribution in [0.1, 0.15) is 23.7 Å². The van der Waals surface area contributed by atoms with Crippen molar-refractivity contribution in [2.45, 2.75) is 25.6 Å². The van der Waals surface area contributed by atoms with Crippen molar-refractivity contribution in [1.82, 2.24) is 0 Å². The molecule has 0 amide bonds. The number of aryl methyl sites for hydroxylation is 1. The Bertz CT molecular complexity index is 384. The third-order valence-electron chi connectivity index (χ3n) is 2.17. The standard InChI is InChI=1S/C11H13NO3/c1-7-2-3-9(13)8(6-7)11(15)10(14)4-5-12/h2-3,6,10-11,13-15H,4H2,1H3. The van der Waals surface area contributed by atoms with Gasteiger partial charge in [0.2, 0.25) is 0 Å². The Morgan fingerprint density at radius 2 is 2.07 bits per heavy atom. The first kappa shape index (κ1) is 11.5. The molecule has 15 heavy (non-hydrogen) atoms. The smallest absolute Gasteiger partial charge is 0.121 e. The van der Waals surface area contributed by atoms with Crippen LogP contribution in [0.25, 0.3) is 0 Å². The predicted molar refractivity (Wildman–Crippen MR) is 54.0 cm³/mol. The third-order valence-corrected chi connectivity index (χ3v) is 2.17. The Balaban J connectivity index is 2.95. The van der Waals surface area contributed by atoms with E-state index < -0.39 is 12.2 Å². The summed E-state index contributed by atoms with van der Waals surface area (Å²) in [5.74, 6) is -0.0786. The SMILES string of the molecule is Cc1ccc(O)c(C(O)C(O)CC#N)c1. The van der Waals surface area contributed by atoms with Crippen LogP contribution < -0.4 is 0 Å². The maximum absolute atomic E-state index is 9.66.